The average Bonchev–Trinajstić information content (AvgIpc) is 3.07. The first-order valence-electron chi connectivity index (χ1n) is 7.97. The number of benzene rings is 2. The number of hydrogen-bond donors (Lipinski definition) is 1. The molecule has 1 amide bonds. The fourth-order valence-electron chi connectivity index (χ4n) is 2.58. The van der Waals surface area contributed by atoms with Gasteiger partial charge in [-0.1, -0.05) is 6.07 Å². The zero-order valence-corrected chi connectivity index (χ0v) is 14.8. The van der Waals surface area contributed by atoms with Crippen molar-refractivity contribution in [1.82, 2.24) is 20.2 Å². The molecule has 1 N–H and O–H groups in total. The van der Waals surface area contributed by atoms with Crippen LogP contribution in [0.4, 0.5) is 5.69 Å². The Labute approximate surface area is 150 Å². The highest BCUT2D eigenvalue weighted by molar-refractivity contribution is 5.93. The number of amides is 1. The first-order valence-corrected chi connectivity index (χ1v) is 7.97. The molecule has 8 nitrogen and oxygen atoms in total. The molecule has 8 heteroatoms. The summed E-state index contributed by atoms with van der Waals surface area (Å²) >= 11 is 0. The number of carbonyl (C=O) groups is 1. The molecule has 1 aromatic heterocycles. The number of methoxy groups -OCH3 is 2. The van der Waals surface area contributed by atoms with Gasteiger partial charge in [-0.05, 0) is 53.7 Å². The van der Waals surface area contributed by atoms with Gasteiger partial charge in [0.05, 0.1) is 26.3 Å². The SMILES string of the molecule is COc1ccc(OC)c(CC(=O)Nc2cccc(-n3nnnc3C)c2)c1. The van der Waals surface area contributed by atoms with Crippen LogP contribution in [0.2, 0.25) is 0 Å². The minimum absolute atomic E-state index is 0.161. The summed E-state index contributed by atoms with van der Waals surface area (Å²) in [6.45, 7) is 1.81. The summed E-state index contributed by atoms with van der Waals surface area (Å²) in [7, 11) is 3.15. The van der Waals surface area contributed by atoms with Crippen molar-refractivity contribution < 1.29 is 14.3 Å². The molecule has 3 aromatic rings. The lowest BCUT2D eigenvalue weighted by Crippen LogP contribution is -2.15. The summed E-state index contributed by atoms with van der Waals surface area (Å²) in [6, 6.07) is 12.7. The van der Waals surface area contributed by atoms with Crippen LogP contribution < -0.4 is 14.8 Å². The third-order valence-corrected chi connectivity index (χ3v) is 3.84. The van der Waals surface area contributed by atoms with Crippen molar-refractivity contribution in [3.05, 3.63) is 53.9 Å². The topological polar surface area (TPSA) is 91.2 Å². The maximum atomic E-state index is 12.5. The van der Waals surface area contributed by atoms with Gasteiger partial charge in [0.2, 0.25) is 5.91 Å². The van der Waals surface area contributed by atoms with Gasteiger partial charge < -0.3 is 14.8 Å². The zero-order chi connectivity index (χ0) is 18.5. The summed E-state index contributed by atoms with van der Waals surface area (Å²) in [5.74, 6) is 1.81. The van der Waals surface area contributed by atoms with Crippen molar-refractivity contribution in [2.45, 2.75) is 13.3 Å². The molecule has 0 spiro atoms. The minimum atomic E-state index is -0.165. The second-order valence-electron chi connectivity index (χ2n) is 5.59. The van der Waals surface area contributed by atoms with E-state index in [1.54, 1.807) is 44.0 Å². The van der Waals surface area contributed by atoms with Crippen molar-refractivity contribution in [2.24, 2.45) is 0 Å². The smallest absolute Gasteiger partial charge is 0.228 e. The van der Waals surface area contributed by atoms with Gasteiger partial charge in [0.1, 0.15) is 11.5 Å². The molecule has 0 aliphatic heterocycles. The normalized spacial score (nSPS) is 10.4. The Bertz CT molecular complexity index is 923. The van der Waals surface area contributed by atoms with Gasteiger partial charge in [0.15, 0.2) is 5.82 Å². The van der Waals surface area contributed by atoms with Gasteiger partial charge in [-0.2, -0.15) is 4.68 Å². The summed E-state index contributed by atoms with van der Waals surface area (Å²) in [6.07, 6.45) is 0.161. The number of rotatable bonds is 6. The Morgan fingerprint density at radius 1 is 1.15 bits per heavy atom. The largest absolute Gasteiger partial charge is 0.497 e. The third-order valence-electron chi connectivity index (χ3n) is 3.84. The van der Waals surface area contributed by atoms with E-state index < -0.39 is 0 Å². The van der Waals surface area contributed by atoms with E-state index in [-0.39, 0.29) is 12.3 Å². The van der Waals surface area contributed by atoms with Crippen molar-refractivity contribution >= 4 is 11.6 Å². The van der Waals surface area contributed by atoms with Crippen molar-refractivity contribution in [3.63, 3.8) is 0 Å². The number of nitrogens with zero attached hydrogens (tertiary/aromatic N) is 4. The lowest BCUT2D eigenvalue weighted by molar-refractivity contribution is -0.115. The highest BCUT2D eigenvalue weighted by atomic mass is 16.5. The molecule has 2 aromatic carbocycles. The molecule has 0 fully saturated rings. The molecule has 0 unspecified atom stereocenters. The van der Waals surface area contributed by atoms with Crippen LogP contribution in [-0.2, 0) is 11.2 Å². The fraction of sp³-hybridized carbons (Fsp3) is 0.222. The molecule has 1 heterocycles. The number of aryl methyl sites for hydroxylation is 1. The molecule has 0 bridgehead atoms. The van der Waals surface area contributed by atoms with E-state index in [1.165, 1.54) is 0 Å². The Morgan fingerprint density at radius 2 is 2.00 bits per heavy atom. The second-order valence-corrected chi connectivity index (χ2v) is 5.59. The molecule has 0 aliphatic rings. The fourth-order valence-corrected chi connectivity index (χ4v) is 2.58. The molecule has 3 rings (SSSR count). The monoisotopic (exact) mass is 353 g/mol. The van der Waals surface area contributed by atoms with Crippen LogP contribution in [0.1, 0.15) is 11.4 Å². The van der Waals surface area contributed by atoms with Crippen LogP contribution in [0, 0.1) is 6.92 Å². The van der Waals surface area contributed by atoms with Gasteiger partial charge in [0.25, 0.3) is 0 Å². The molecule has 26 heavy (non-hydrogen) atoms. The molecule has 0 saturated heterocycles. The van der Waals surface area contributed by atoms with E-state index in [1.807, 2.05) is 24.3 Å². The lowest BCUT2D eigenvalue weighted by atomic mass is 10.1. The summed E-state index contributed by atoms with van der Waals surface area (Å²) < 4.78 is 12.1. The predicted octanol–water partition coefficient (Wildman–Crippen LogP) is 2.17. The Hall–Kier alpha value is -3.42. The van der Waals surface area contributed by atoms with E-state index in [4.69, 9.17) is 9.47 Å². The summed E-state index contributed by atoms with van der Waals surface area (Å²) in [5.41, 5.74) is 2.17. The Morgan fingerprint density at radius 3 is 2.69 bits per heavy atom. The quantitative estimate of drug-likeness (QED) is 0.730. The van der Waals surface area contributed by atoms with Gasteiger partial charge in [-0.15, -0.1) is 5.10 Å². The van der Waals surface area contributed by atoms with Crippen LogP contribution in [0.5, 0.6) is 11.5 Å². The van der Waals surface area contributed by atoms with Gasteiger partial charge >= 0.3 is 0 Å². The number of nitrogens with one attached hydrogen (secondary N) is 1. The Kier molecular flexibility index (Phi) is 5.12. The number of tetrazole rings is 1. The Balaban J connectivity index is 1.76. The highest BCUT2D eigenvalue weighted by Crippen LogP contribution is 2.25. The van der Waals surface area contributed by atoms with Crippen molar-refractivity contribution in [1.29, 1.82) is 0 Å². The van der Waals surface area contributed by atoms with E-state index in [2.05, 4.69) is 20.8 Å². The first kappa shape index (κ1) is 17.4. The van der Waals surface area contributed by atoms with Crippen molar-refractivity contribution in [3.8, 4) is 17.2 Å². The van der Waals surface area contributed by atoms with Gasteiger partial charge in [-0.3, -0.25) is 4.79 Å². The third kappa shape index (κ3) is 3.80. The maximum absolute atomic E-state index is 12.5. The van der Waals surface area contributed by atoms with Crippen LogP contribution in [0.15, 0.2) is 42.5 Å². The zero-order valence-electron chi connectivity index (χ0n) is 14.8. The first-order chi connectivity index (χ1) is 12.6. The van der Waals surface area contributed by atoms with Gasteiger partial charge in [0, 0.05) is 11.3 Å². The summed E-state index contributed by atoms with van der Waals surface area (Å²) in [4.78, 5) is 12.5. The molecule has 0 radical (unpaired) electrons. The van der Waals surface area contributed by atoms with Gasteiger partial charge in [-0.25, -0.2) is 0 Å². The molecule has 0 aliphatic carbocycles. The van der Waals surface area contributed by atoms with E-state index in [9.17, 15) is 4.79 Å². The lowest BCUT2D eigenvalue weighted by Gasteiger charge is -2.11. The van der Waals surface area contributed by atoms with Crippen LogP contribution in [-0.4, -0.2) is 40.3 Å². The molecule has 0 saturated carbocycles. The number of aromatic nitrogens is 4. The maximum Gasteiger partial charge on any atom is 0.228 e. The molecular formula is C18H19N5O3. The summed E-state index contributed by atoms with van der Waals surface area (Å²) in [5, 5.41) is 14.3. The van der Waals surface area contributed by atoms with Crippen LogP contribution in [0.3, 0.4) is 0 Å². The van der Waals surface area contributed by atoms with Crippen LogP contribution in [0.25, 0.3) is 5.69 Å². The number of hydrogen-bond acceptors (Lipinski definition) is 6. The predicted molar refractivity (Wildman–Crippen MR) is 95.8 cm³/mol. The van der Waals surface area contributed by atoms with E-state index in [0.29, 0.717) is 23.0 Å². The number of carbonyl (C=O) groups excluding carboxylic acids is 1. The van der Waals surface area contributed by atoms with Crippen LogP contribution >= 0.6 is 0 Å². The van der Waals surface area contributed by atoms with Crippen molar-refractivity contribution in [2.75, 3.05) is 19.5 Å². The molecule has 0 atom stereocenters. The van der Waals surface area contributed by atoms with E-state index in [0.717, 1.165) is 11.3 Å². The number of anilines is 1. The molecule has 134 valence electrons. The van der Waals surface area contributed by atoms with E-state index >= 15 is 0 Å². The highest BCUT2D eigenvalue weighted by Gasteiger charge is 2.11. The molecular weight excluding hydrogens is 334 g/mol. The average molecular weight is 353 g/mol. The minimum Gasteiger partial charge on any atom is -0.497 e. The standard InChI is InChI=1S/C18H19N5O3/c1-12-20-21-22-23(12)15-6-4-5-14(11-15)19-18(24)10-13-9-16(25-2)7-8-17(13)26-3/h4-9,11H,10H2,1-3H3,(H,19,24). The number of ether oxygens (including phenoxy) is 2. The second kappa shape index (κ2) is 7.64.